The Bertz CT molecular complexity index is 1710. The summed E-state index contributed by atoms with van der Waals surface area (Å²) in [6, 6.07) is 26.0. The van der Waals surface area contributed by atoms with Gasteiger partial charge in [0, 0.05) is 29.9 Å². The summed E-state index contributed by atoms with van der Waals surface area (Å²) in [5.74, 6) is -2.28. The van der Waals surface area contributed by atoms with E-state index < -0.39 is 23.6 Å². The quantitative estimate of drug-likeness (QED) is 0.233. The van der Waals surface area contributed by atoms with E-state index in [9.17, 15) is 18.8 Å². The molecule has 9 nitrogen and oxygen atoms in total. The zero-order valence-corrected chi connectivity index (χ0v) is 22.3. The molecule has 42 heavy (non-hydrogen) atoms. The van der Waals surface area contributed by atoms with Gasteiger partial charge in [0.1, 0.15) is 24.2 Å². The lowest BCUT2D eigenvalue weighted by atomic mass is 10.0. The summed E-state index contributed by atoms with van der Waals surface area (Å²) >= 11 is 0. The van der Waals surface area contributed by atoms with Crippen LogP contribution >= 0.6 is 0 Å². The van der Waals surface area contributed by atoms with Gasteiger partial charge in [-0.3, -0.25) is 14.4 Å². The SMILES string of the molecule is NC(=O)C(=O)C(Cc1ccccc1)NC(=O)c1cccnc1-n1cc(COc2ccccc2)c(-c2ccc(F)cc2)n1. The molecule has 0 bridgehead atoms. The number of rotatable bonds is 11. The monoisotopic (exact) mass is 563 g/mol. The van der Waals surface area contributed by atoms with E-state index in [1.165, 1.54) is 29.1 Å². The number of carbonyl (C=O) groups excluding carboxylic acids is 3. The fourth-order valence-electron chi connectivity index (χ4n) is 4.38. The number of primary amides is 1. The second kappa shape index (κ2) is 12.7. The lowest BCUT2D eigenvalue weighted by molar-refractivity contribution is -0.137. The molecule has 0 aliphatic rings. The number of amides is 2. The molecule has 210 valence electrons. The third-order valence-corrected chi connectivity index (χ3v) is 6.44. The first kappa shape index (κ1) is 27.9. The number of hydrogen-bond donors (Lipinski definition) is 2. The number of ketones is 1. The van der Waals surface area contributed by atoms with Crippen molar-refractivity contribution in [1.29, 1.82) is 0 Å². The molecule has 1 unspecified atom stereocenters. The van der Waals surface area contributed by atoms with Crippen molar-refractivity contribution in [3.8, 4) is 22.8 Å². The number of carbonyl (C=O) groups is 3. The van der Waals surface area contributed by atoms with Crippen molar-refractivity contribution >= 4 is 17.6 Å². The highest BCUT2D eigenvalue weighted by Crippen LogP contribution is 2.26. The number of nitrogens with two attached hydrogens (primary N) is 1. The topological polar surface area (TPSA) is 129 Å². The van der Waals surface area contributed by atoms with E-state index in [-0.39, 0.29) is 30.2 Å². The molecule has 0 saturated heterocycles. The van der Waals surface area contributed by atoms with Gasteiger partial charge >= 0.3 is 0 Å². The highest BCUT2D eigenvalue weighted by Gasteiger charge is 2.27. The summed E-state index contributed by atoms with van der Waals surface area (Å²) in [5.41, 5.74) is 7.93. The predicted octanol–water partition coefficient (Wildman–Crippen LogP) is 4.05. The van der Waals surface area contributed by atoms with Crippen molar-refractivity contribution in [2.24, 2.45) is 5.73 Å². The Kier molecular flexibility index (Phi) is 8.43. The first-order valence-electron chi connectivity index (χ1n) is 13.0. The highest BCUT2D eigenvalue weighted by atomic mass is 19.1. The molecule has 5 rings (SSSR count). The van der Waals surface area contributed by atoms with Crippen LogP contribution in [0.3, 0.4) is 0 Å². The highest BCUT2D eigenvalue weighted by molar-refractivity contribution is 6.38. The summed E-state index contributed by atoms with van der Waals surface area (Å²) in [6.07, 6.45) is 3.25. The summed E-state index contributed by atoms with van der Waals surface area (Å²) < 4.78 is 21.1. The van der Waals surface area contributed by atoms with Crippen molar-refractivity contribution in [2.75, 3.05) is 0 Å². The molecule has 1 atom stereocenters. The molecule has 0 aliphatic heterocycles. The number of benzene rings is 3. The largest absolute Gasteiger partial charge is 0.489 e. The van der Waals surface area contributed by atoms with E-state index in [2.05, 4.69) is 15.4 Å². The van der Waals surface area contributed by atoms with E-state index in [1.807, 2.05) is 36.4 Å². The normalized spacial score (nSPS) is 11.5. The van der Waals surface area contributed by atoms with Crippen LogP contribution in [0.4, 0.5) is 4.39 Å². The number of halogens is 1. The fraction of sp³-hybridized carbons (Fsp3) is 0.0938. The standard InChI is InChI=1S/C32H26FN5O4/c33-24-15-13-22(14-16-24)28-23(20-42-25-10-5-2-6-11-25)19-38(37-28)31-26(12-7-17-35-31)32(41)36-27(29(39)30(34)40)18-21-8-3-1-4-9-21/h1-17,19,27H,18,20H2,(H2,34,40)(H,36,41). The molecule has 0 fully saturated rings. The molecule has 2 aromatic heterocycles. The van der Waals surface area contributed by atoms with Crippen molar-refractivity contribution < 1.29 is 23.5 Å². The average molecular weight is 564 g/mol. The zero-order valence-electron chi connectivity index (χ0n) is 22.3. The van der Waals surface area contributed by atoms with E-state index in [0.717, 1.165) is 5.56 Å². The van der Waals surface area contributed by atoms with Gasteiger partial charge in [0.05, 0.1) is 11.3 Å². The van der Waals surface area contributed by atoms with Crippen LogP contribution < -0.4 is 15.8 Å². The number of para-hydroxylation sites is 1. The molecule has 10 heteroatoms. The van der Waals surface area contributed by atoms with Gasteiger partial charge in [-0.25, -0.2) is 14.1 Å². The van der Waals surface area contributed by atoms with Crippen molar-refractivity contribution in [3.63, 3.8) is 0 Å². The van der Waals surface area contributed by atoms with Crippen LogP contribution in [0.2, 0.25) is 0 Å². The van der Waals surface area contributed by atoms with Gasteiger partial charge in [0.15, 0.2) is 5.82 Å². The van der Waals surface area contributed by atoms with Crippen LogP contribution in [-0.4, -0.2) is 38.4 Å². The third-order valence-electron chi connectivity index (χ3n) is 6.44. The first-order valence-corrected chi connectivity index (χ1v) is 13.0. The maximum Gasteiger partial charge on any atom is 0.287 e. The van der Waals surface area contributed by atoms with Gasteiger partial charge in [-0.1, -0.05) is 48.5 Å². The minimum atomic E-state index is -1.19. The first-order chi connectivity index (χ1) is 20.4. The van der Waals surface area contributed by atoms with E-state index >= 15 is 0 Å². The van der Waals surface area contributed by atoms with Gasteiger partial charge in [0.2, 0.25) is 5.78 Å². The molecule has 5 aromatic rings. The van der Waals surface area contributed by atoms with Crippen LogP contribution in [0.25, 0.3) is 17.1 Å². The van der Waals surface area contributed by atoms with Crippen molar-refractivity contribution in [1.82, 2.24) is 20.1 Å². The van der Waals surface area contributed by atoms with Crippen LogP contribution in [0, 0.1) is 5.82 Å². The van der Waals surface area contributed by atoms with Gasteiger partial charge in [-0.15, -0.1) is 0 Å². The Morgan fingerprint density at radius 2 is 1.60 bits per heavy atom. The van der Waals surface area contributed by atoms with Crippen molar-refractivity contribution in [2.45, 2.75) is 19.1 Å². The molecular formula is C32H26FN5O4. The van der Waals surface area contributed by atoms with Crippen molar-refractivity contribution in [3.05, 3.63) is 132 Å². The van der Waals surface area contributed by atoms with E-state index in [4.69, 9.17) is 10.5 Å². The Hall–Kier alpha value is -5.64. The average Bonchev–Trinajstić information content (AvgIpc) is 3.44. The molecule has 0 spiro atoms. The minimum absolute atomic E-state index is 0.0708. The van der Waals surface area contributed by atoms with Crippen LogP contribution in [0.15, 0.2) is 109 Å². The molecule has 2 amide bonds. The number of aromatic nitrogens is 3. The minimum Gasteiger partial charge on any atom is -0.489 e. The second-order valence-corrected chi connectivity index (χ2v) is 9.37. The maximum atomic E-state index is 13.7. The van der Waals surface area contributed by atoms with Crippen LogP contribution in [-0.2, 0) is 22.6 Å². The number of nitrogens with one attached hydrogen (secondary N) is 1. The Labute approximate surface area is 240 Å². The molecule has 0 aliphatic carbocycles. The van der Waals surface area contributed by atoms with Crippen LogP contribution in [0.1, 0.15) is 21.5 Å². The lowest BCUT2D eigenvalue weighted by Crippen LogP contribution is -2.47. The molecule has 3 N–H and O–H groups in total. The molecule has 0 radical (unpaired) electrons. The third kappa shape index (κ3) is 6.56. The Balaban J connectivity index is 1.48. The summed E-state index contributed by atoms with van der Waals surface area (Å²) in [7, 11) is 0. The molecule has 3 aromatic carbocycles. The lowest BCUT2D eigenvalue weighted by Gasteiger charge is -2.17. The number of ether oxygens (including phenoxy) is 1. The van der Waals surface area contributed by atoms with Crippen LogP contribution in [0.5, 0.6) is 5.75 Å². The molecule has 2 heterocycles. The Morgan fingerprint density at radius 3 is 2.29 bits per heavy atom. The summed E-state index contributed by atoms with van der Waals surface area (Å²) in [5, 5.41) is 7.32. The number of hydrogen-bond acceptors (Lipinski definition) is 6. The van der Waals surface area contributed by atoms with Gasteiger partial charge < -0.3 is 15.8 Å². The van der Waals surface area contributed by atoms with E-state index in [1.54, 1.807) is 48.7 Å². The smallest absolute Gasteiger partial charge is 0.287 e. The second-order valence-electron chi connectivity index (χ2n) is 9.37. The molecular weight excluding hydrogens is 537 g/mol. The molecule has 0 saturated carbocycles. The number of nitrogens with zero attached hydrogens (tertiary/aromatic N) is 3. The Morgan fingerprint density at radius 1 is 0.905 bits per heavy atom. The maximum absolute atomic E-state index is 13.7. The number of pyridine rings is 1. The van der Waals surface area contributed by atoms with E-state index in [0.29, 0.717) is 22.6 Å². The summed E-state index contributed by atoms with van der Waals surface area (Å²) in [4.78, 5) is 42.3. The fourth-order valence-corrected chi connectivity index (χ4v) is 4.38. The predicted molar refractivity (Wildman–Crippen MR) is 153 cm³/mol. The van der Waals surface area contributed by atoms with Gasteiger partial charge in [-0.05, 0) is 54.1 Å². The number of Topliss-reactive ketones (excluding diaryl/α,β-unsaturated/α-hetero) is 1. The van der Waals surface area contributed by atoms with Gasteiger partial charge in [0.25, 0.3) is 11.8 Å². The summed E-state index contributed by atoms with van der Waals surface area (Å²) in [6.45, 7) is 0.136. The van der Waals surface area contributed by atoms with Gasteiger partial charge in [-0.2, -0.15) is 5.10 Å². The zero-order chi connectivity index (χ0) is 29.5.